The number of carbonyl (C=O) groups excluding carboxylic acids is 1. The van der Waals surface area contributed by atoms with E-state index >= 15 is 0 Å². The Bertz CT molecular complexity index is 429. The minimum Gasteiger partial charge on any atom is -0.494 e. The van der Waals surface area contributed by atoms with Gasteiger partial charge >= 0.3 is 0 Å². The third-order valence-electron chi connectivity index (χ3n) is 3.50. The highest BCUT2D eigenvalue weighted by Crippen LogP contribution is 2.37. The average molecular weight is 247 g/mol. The van der Waals surface area contributed by atoms with Crippen molar-refractivity contribution < 1.29 is 9.53 Å². The summed E-state index contributed by atoms with van der Waals surface area (Å²) < 4.78 is 5.55. The van der Waals surface area contributed by atoms with Crippen molar-refractivity contribution in [2.45, 2.75) is 39.0 Å². The molecule has 0 saturated heterocycles. The van der Waals surface area contributed by atoms with E-state index < -0.39 is 0 Å². The van der Waals surface area contributed by atoms with Gasteiger partial charge in [0.1, 0.15) is 5.75 Å². The van der Waals surface area contributed by atoms with Crippen LogP contribution in [0.4, 0.5) is 0 Å². The fourth-order valence-corrected chi connectivity index (χ4v) is 2.64. The van der Waals surface area contributed by atoms with Crippen LogP contribution in [0.5, 0.6) is 5.75 Å². The number of hydrogen-bond donors (Lipinski definition) is 1. The standard InChI is InChI=1S/C15H21NO2/c1-3-18-14-7-6-12-4-5-13(15(12)10-14)8-9-16-11(2)17/h6-7,10,13H,3-5,8-9H2,1-2H3,(H,16,17). The molecule has 0 fully saturated rings. The molecule has 0 bridgehead atoms. The van der Waals surface area contributed by atoms with Crippen molar-refractivity contribution in [3.63, 3.8) is 0 Å². The van der Waals surface area contributed by atoms with Gasteiger partial charge in [0.05, 0.1) is 6.61 Å². The highest BCUT2D eigenvalue weighted by molar-refractivity contribution is 5.72. The van der Waals surface area contributed by atoms with Gasteiger partial charge in [-0.3, -0.25) is 4.79 Å². The van der Waals surface area contributed by atoms with Gasteiger partial charge in [-0.15, -0.1) is 0 Å². The van der Waals surface area contributed by atoms with Gasteiger partial charge < -0.3 is 10.1 Å². The van der Waals surface area contributed by atoms with E-state index in [2.05, 4.69) is 23.5 Å². The predicted molar refractivity (Wildman–Crippen MR) is 72.0 cm³/mol. The van der Waals surface area contributed by atoms with Crippen LogP contribution in [-0.4, -0.2) is 19.1 Å². The predicted octanol–water partition coefficient (Wildman–Crippen LogP) is 2.64. The van der Waals surface area contributed by atoms with Gasteiger partial charge in [0, 0.05) is 13.5 Å². The van der Waals surface area contributed by atoms with Crippen molar-refractivity contribution >= 4 is 5.91 Å². The number of fused-ring (bicyclic) bond motifs is 1. The van der Waals surface area contributed by atoms with Gasteiger partial charge in [0.25, 0.3) is 0 Å². The number of benzene rings is 1. The third kappa shape index (κ3) is 3.03. The molecular formula is C15H21NO2. The van der Waals surface area contributed by atoms with Crippen LogP contribution in [-0.2, 0) is 11.2 Å². The molecule has 1 N–H and O–H groups in total. The lowest BCUT2D eigenvalue weighted by molar-refractivity contribution is -0.118. The topological polar surface area (TPSA) is 38.3 Å². The van der Waals surface area contributed by atoms with Crippen LogP contribution in [0.3, 0.4) is 0 Å². The lowest BCUT2D eigenvalue weighted by Crippen LogP contribution is -2.22. The lowest BCUT2D eigenvalue weighted by atomic mass is 9.97. The molecule has 1 amide bonds. The molecule has 0 saturated carbocycles. The first-order valence-electron chi connectivity index (χ1n) is 6.70. The van der Waals surface area contributed by atoms with E-state index in [0.717, 1.165) is 25.1 Å². The molecule has 1 aromatic rings. The lowest BCUT2D eigenvalue weighted by Gasteiger charge is -2.13. The van der Waals surface area contributed by atoms with Crippen LogP contribution in [0.25, 0.3) is 0 Å². The van der Waals surface area contributed by atoms with E-state index in [9.17, 15) is 4.79 Å². The molecule has 1 atom stereocenters. The van der Waals surface area contributed by atoms with E-state index in [1.165, 1.54) is 17.5 Å². The van der Waals surface area contributed by atoms with Crippen LogP contribution in [0, 0.1) is 0 Å². The Kier molecular flexibility index (Phi) is 4.24. The smallest absolute Gasteiger partial charge is 0.216 e. The SMILES string of the molecule is CCOc1ccc2c(c1)C(CCNC(C)=O)CC2. The van der Waals surface area contributed by atoms with Crippen molar-refractivity contribution in [1.29, 1.82) is 0 Å². The molecular weight excluding hydrogens is 226 g/mol. The zero-order valence-corrected chi connectivity index (χ0v) is 11.2. The molecule has 0 radical (unpaired) electrons. The second-order valence-electron chi connectivity index (χ2n) is 4.80. The van der Waals surface area contributed by atoms with Gasteiger partial charge in [-0.25, -0.2) is 0 Å². The molecule has 1 aliphatic carbocycles. The van der Waals surface area contributed by atoms with Gasteiger partial charge in [-0.2, -0.15) is 0 Å². The summed E-state index contributed by atoms with van der Waals surface area (Å²) in [4.78, 5) is 10.9. The van der Waals surface area contributed by atoms with Gasteiger partial charge in [-0.05, 0) is 55.4 Å². The summed E-state index contributed by atoms with van der Waals surface area (Å²) in [5.74, 6) is 1.58. The Hall–Kier alpha value is -1.51. The van der Waals surface area contributed by atoms with E-state index in [4.69, 9.17) is 4.74 Å². The Balaban J connectivity index is 2.01. The monoisotopic (exact) mass is 247 g/mol. The summed E-state index contributed by atoms with van der Waals surface area (Å²) in [5.41, 5.74) is 2.84. The Morgan fingerprint density at radius 3 is 3.06 bits per heavy atom. The van der Waals surface area contributed by atoms with E-state index in [1.54, 1.807) is 6.92 Å². The number of nitrogens with one attached hydrogen (secondary N) is 1. The molecule has 1 unspecified atom stereocenters. The van der Waals surface area contributed by atoms with Crippen LogP contribution < -0.4 is 10.1 Å². The zero-order chi connectivity index (χ0) is 13.0. The van der Waals surface area contributed by atoms with Crippen LogP contribution >= 0.6 is 0 Å². The fourth-order valence-electron chi connectivity index (χ4n) is 2.64. The van der Waals surface area contributed by atoms with Crippen molar-refractivity contribution in [2.24, 2.45) is 0 Å². The van der Waals surface area contributed by atoms with Crippen LogP contribution in [0.2, 0.25) is 0 Å². The second-order valence-corrected chi connectivity index (χ2v) is 4.80. The van der Waals surface area contributed by atoms with E-state index in [-0.39, 0.29) is 5.91 Å². The van der Waals surface area contributed by atoms with Crippen LogP contribution in [0.1, 0.15) is 43.7 Å². The highest BCUT2D eigenvalue weighted by Gasteiger charge is 2.22. The first-order chi connectivity index (χ1) is 8.70. The van der Waals surface area contributed by atoms with Gasteiger partial charge in [0.2, 0.25) is 5.91 Å². The molecule has 2 rings (SSSR count). The normalized spacial score (nSPS) is 17.3. The quantitative estimate of drug-likeness (QED) is 0.868. The minimum absolute atomic E-state index is 0.0521. The maximum Gasteiger partial charge on any atom is 0.216 e. The zero-order valence-electron chi connectivity index (χ0n) is 11.2. The van der Waals surface area contributed by atoms with Gasteiger partial charge in [-0.1, -0.05) is 6.07 Å². The van der Waals surface area contributed by atoms with E-state index in [0.29, 0.717) is 12.5 Å². The summed E-state index contributed by atoms with van der Waals surface area (Å²) in [5, 5.41) is 2.87. The maximum atomic E-state index is 10.9. The Labute approximate surface area is 109 Å². The Morgan fingerprint density at radius 1 is 1.50 bits per heavy atom. The molecule has 0 aliphatic heterocycles. The molecule has 18 heavy (non-hydrogen) atoms. The fraction of sp³-hybridized carbons (Fsp3) is 0.533. The number of amides is 1. The van der Waals surface area contributed by atoms with Crippen molar-refractivity contribution in [1.82, 2.24) is 5.32 Å². The van der Waals surface area contributed by atoms with Crippen molar-refractivity contribution in [3.05, 3.63) is 29.3 Å². The molecule has 3 heteroatoms. The number of hydrogen-bond acceptors (Lipinski definition) is 2. The summed E-state index contributed by atoms with van der Waals surface area (Å²) in [6.07, 6.45) is 3.35. The molecule has 0 spiro atoms. The van der Waals surface area contributed by atoms with Crippen LogP contribution in [0.15, 0.2) is 18.2 Å². The second kappa shape index (κ2) is 5.89. The minimum atomic E-state index is 0.0521. The summed E-state index contributed by atoms with van der Waals surface area (Å²) >= 11 is 0. The molecule has 98 valence electrons. The largest absolute Gasteiger partial charge is 0.494 e. The van der Waals surface area contributed by atoms with Crippen molar-refractivity contribution in [3.8, 4) is 5.75 Å². The summed E-state index contributed by atoms with van der Waals surface area (Å²) in [6, 6.07) is 6.40. The first kappa shape index (κ1) is 12.9. The molecule has 1 aromatic carbocycles. The summed E-state index contributed by atoms with van der Waals surface area (Å²) in [7, 11) is 0. The third-order valence-corrected chi connectivity index (χ3v) is 3.50. The van der Waals surface area contributed by atoms with Crippen molar-refractivity contribution in [2.75, 3.05) is 13.2 Å². The van der Waals surface area contributed by atoms with Gasteiger partial charge in [0.15, 0.2) is 0 Å². The number of ether oxygens (including phenoxy) is 1. The number of rotatable bonds is 5. The molecule has 3 nitrogen and oxygen atoms in total. The first-order valence-corrected chi connectivity index (χ1v) is 6.70. The number of carbonyl (C=O) groups is 1. The van der Waals surface area contributed by atoms with E-state index in [1.807, 2.05) is 6.92 Å². The summed E-state index contributed by atoms with van der Waals surface area (Å²) in [6.45, 7) is 5.03. The molecule has 0 heterocycles. The Morgan fingerprint density at radius 2 is 2.33 bits per heavy atom. The average Bonchev–Trinajstić information content (AvgIpc) is 2.72. The molecule has 0 aromatic heterocycles. The maximum absolute atomic E-state index is 10.9. The highest BCUT2D eigenvalue weighted by atomic mass is 16.5. The molecule has 1 aliphatic rings. The number of aryl methyl sites for hydroxylation is 1.